The van der Waals surface area contributed by atoms with Crippen LogP contribution in [0.5, 0.6) is 17.2 Å². The van der Waals surface area contributed by atoms with Gasteiger partial charge in [-0.05, 0) is 97.5 Å². The number of halogens is 9. The van der Waals surface area contributed by atoms with E-state index in [9.17, 15) is 35.8 Å². The SMILES string of the molecule is CC(C)C1(O)CCN(CCOc2ccccc2C(F)(F)F)CC1.CC(C)C1(Oc2ccc(Cl)cc2)CCN(CCOc2ccccc2C(F)(F)F)CC1.Fc1ccc(Cl)cc1. The second kappa shape index (κ2) is 22.6. The van der Waals surface area contributed by atoms with Crippen molar-refractivity contribution in [2.45, 2.75) is 76.9 Å². The van der Waals surface area contributed by atoms with E-state index in [4.69, 9.17) is 37.4 Å². The smallest absolute Gasteiger partial charge is 0.419 e. The number of ether oxygens (including phenoxy) is 3. The van der Waals surface area contributed by atoms with Gasteiger partial charge in [0.15, 0.2) is 0 Å². The minimum absolute atomic E-state index is 0.121. The maximum absolute atomic E-state index is 13.1. The van der Waals surface area contributed by atoms with Crippen molar-refractivity contribution in [2.75, 3.05) is 52.5 Å². The van der Waals surface area contributed by atoms with Gasteiger partial charge in [-0.2, -0.15) is 26.3 Å². The second-order valence-corrected chi connectivity index (χ2v) is 16.7. The number of likely N-dealkylation sites (tertiary alicyclic amines) is 2. The molecular weight excluding hydrogens is 848 g/mol. The summed E-state index contributed by atoms with van der Waals surface area (Å²) in [6.07, 6.45) is -5.78. The summed E-state index contributed by atoms with van der Waals surface area (Å²) >= 11 is 11.4. The Hall–Kier alpha value is -3.75. The van der Waals surface area contributed by atoms with E-state index < -0.39 is 29.1 Å². The van der Waals surface area contributed by atoms with E-state index in [0.29, 0.717) is 41.9 Å². The molecule has 15 heteroatoms. The van der Waals surface area contributed by atoms with E-state index >= 15 is 0 Å². The average molecular weight is 904 g/mol. The van der Waals surface area contributed by atoms with Crippen LogP contribution >= 0.6 is 23.2 Å². The highest BCUT2D eigenvalue weighted by Gasteiger charge is 2.40. The van der Waals surface area contributed by atoms with Crippen molar-refractivity contribution in [3.8, 4) is 17.2 Å². The molecule has 0 bridgehead atoms. The van der Waals surface area contributed by atoms with Gasteiger partial charge in [0.05, 0.1) is 16.7 Å². The summed E-state index contributed by atoms with van der Waals surface area (Å²) in [6.45, 7) is 12.9. The molecule has 0 aliphatic carbocycles. The van der Waals surface area contributed by atoms with Crippen molar-refractivity contribution in [1.29, 1.82) is 0 Å². The number of alkyl halides is 6. The van der Waals surface area contributed by atoms with Crippen LogP contribution < -0.4 is 14.2 Å². The van der Waals surface area contributed by atoms with Crippen molar-refractivity contribution in [1.82, 2.24) is 9.80 Å². The van der Waals surface area contributed by atoms with E-state index in [0.717, 1.165) is 56.9 Å². The van der Waals surface area contributed by atoms with Crippen LogP contribution in [-0.2, 0) is 12.4 Å². The summed E-state index contributed by atoms with van der Waals surface area (Å²) in [7, 11) is 0. The molecule has 336 valence electrons. The number of rotatable bonds is 12. The fraction of sp³-hybridized carbons (Fsp3) is 0.478. The van der Waals surface area contributed by atoms with Gasteiger partial charge in [-0.15, -0.1) is 0 Å². The third kappa shape index (κ3) is 15.5. The van der Waals surface area contributed by atoms with Gasteiger partial charge in [0, 0.05) is 62.2 Å². The maximum atomic E-state index is 13.1. The number of nitrogens with zero attached hydrogens (tertiary/aromatic N) is 2. The Bertz CT molecular complexity index is 1870. The van der Waals surface area contributed by atoms with Crippen molar-refractivity contribution in [3.05, 3.63) is 124 Å². The Labute approximate surface area is 364 Å². The minimum Gasteiger partial charge on any atom is -0.492 e. The first kappa shape index (κ1) is 49.9. The maximum Gasteiger partial charge on any atom is 0.419 e. The molecule has 61 heavy (non-hydrogen) atoms. The van der Waals surface area contributed by atoms with Crippen LogP contribution in [0.4, 0.5) is 30.7 Å². The Balaban J connectivity index is 0.000000232. The molecule has 0 aromatic heterocycles. The Morgan fingerprint density at radius 2 is 0.984 bits per heavy atom. The Kier molecular flexibility index (Phi) is 18.5. The lowest BCUT2D eigenvalue weighted by atomic mass is 9.81. The number of hydrogen-bond acceptors (Lipinski definition) is 6. The van der Waals surface area contributed by atoms with Crippen molar-refractivity contribution >= 4 is 23.2 Å². The summed E-state index contributed by atoms with van der Waals surface area (Å²) < 4.78 is 107. The Morgan fingerprint density at radius 1 is 0.590 bits per heavy atom. The van der Waals surface area contributed by atoms with Gasteiger partial charge < -0.3 is 19.3 Å². The van der Waals surface area contributed by atoms with Crippen LogP contribution in [0.1, 0.15) is 64.5 Å². The number of aliphatic hydroxyl groups is 1. The van der Waals surface area contributed by atoms with Crippen molar-refractivity contribution in [2.24, 2.45) is 11.8 Å². The monoisotopic (exact) mass is 902 g/mol. The lowest BCUT2D eigenvalue weighted by molar-refractivity contribution is -0.139. The van der Waals surface area contributed by atoms with Gasteiger partial charge in [-0.1, -0.05) is 75.2 Å². The number of para-hydroxylation sites is 2. The third-order valence-corrected chi connectivity index (χ3v) is 11.7. The van der Waals surface area contributed by atoms with Gasteiger partial charge in [0.2, 0.25) is 0 Å². The molecule has 1 N–H and O–H groups in total. The fourth-order valence-electron chi connectivity index (χ4n) is 7.08. The van der Waals surface area contributed by atoms with Gasteiger partial charge in [0.25, 0.3) is 0 Å². The molecule has 2 aliphatic rings. The van der Waals surface area contributed by atoms with Crippen LogP contribution in [0.15, 0.2) is 97.1 Å². The summed E-state index contributed by atoms with van der Waals surface area (Å²) in [5.74, 6) is 0.827. The molecule has 0 atom stereocenters. The number of piperidine rings is 2. The highest BCUT2D eigenvalue weighted by atomic mass is 35.5. The van der Waals surface area contributed by atoms with Crippen molar-refractivity contribution in [3.63, 3.8) is 0 Å². The molecule has 4 aromatic carbocycles. The van der Waals surface area contributed by atoms with Crippen LogP contribution in [0.2, 0.25) is 10.0 Å². The number of benzene rings is 4. The summed E-state index contributed by atoms with van der Waals surface area (Å²) in [4.78, 5) is 4.33. The lowest BCUT2D eigenvalue weighted by Gasteiger charge is -2.44. The molecule has 0 unspecified atom stereocenters. The van der Waals surface area contributed by atoms with Gasteiger partial charge in [0.1, 0.15) is 41.9 Å². The van der Waals surface area contributed by atoms with Gasteiger partial charge in [-0.3, -0.25) is 9.80 Å². The Morgan fingerprint density at radius 3 is 1.36 bits per heavy atom. The van der Waals surface area contributed by atoms with E-state index in [1.165, 1.54) is 54.6 Å². The van der Waals surface area contributed by atoms with Crippen LogP contribution in [-0.4, -0.2) is 78.6 Å². The van der Waals surface area contributed by atoms with Gasteiger partial charge >= 0.3 is 12.4 Å². The normalized spacial score (nSPS) is 16.9. The zero-order valence-electron chi connectivity index (χ0n) is 34.8. The van der Waals surface area contributed by atoms with E-state index in [-0.39, 0.29) is 42.0 Å². The first-order valence-corrected chi connectivity index (χ1v) is 21.1. The highest BCUT2D eigenvalue weighted by Crippen LogP contribution is 2.38. The molecule has 2 saturated heterocycles. The zero-order valence-corrected chi connectivity index (χ0v) is 36.4. The zero-order chi connectivity index (χ0) is 44.8. The lowest BCUT2D eigenvalue weighted by Crippen LogP contribution is -2.51. The third-order valence-electron chi connectivity index (χ3n) is 11.2. The highest BCUT2D eigenvalue weighted by molar-refractivity contribution is 6.30. The largest absolute Gasteiger partial charge is 0.492 e. The molecule has 6 rings (SSSR count). The average Bonchev–Trinajstić information content (AvgIpc) is 3.21. The fourth-order valence-corrected chi connectivity index (χ4v) is 7.34. The van der Waals surface area contributed by atoms with E-state index in [2.05, 4.69) is 23.6 Å². The molecule has 2 fully saturated rings. The minimum atomic E-state index is -4.42. The molecule has 2 heterocycles. The summed E-state index contributed by atoms with van der Waals surface area (Å²) in [5.41, 5.74) is -2.37. The predicted molar refractivity (Wildman–Crippen MR) is 226 cm³/mol. The molecule has 0 radical (unpaired) electrons. The standard InChI is InChI=1S/C23H27ClF3NO2.C17H24F3NO2.C6H4ClF/c1-17(2)22(30-19-9-7-18(24)8-10-19)11-13-28(14-12-22)15-16-29-21-6-4-3-5-20(21)23(25,26)27;1-13(2)16(22)7-9-21(10-8-16)11-12-23-15-6-4-3-5-14(15)17(18,19)20;7-5-1-3-6(8)4-2-5/h3-10,17H,11-16H2,1-2H3;3-6,13,22H,7-12H2,1-2H3;1-4H. The molecule has 4 aromatic rings. The van der Waals surface area contributed by atoms with Crippen LogP contribution in [0.3, 0.4) is 0 Å². The summed E-state index contributed by atoms with van der Waals surface area (Å²) in [6, 6.07) is 23.6. The second-order valence-electron chi connectivity index (χ2n) is 15.8. The van der Waals surface area contributed by atoms with Crippen LogP contribution in [0, 0.1) is 17.7 Å². The predicted octanol–water partition coefficient (Wildman–Crippen LogP) is 12.4. The summed E-state index contributed by atoms with van der Waals surface area (Å²) in [5, 5.41) is 11.6. The molecule has 0 saturated carbocycles. The molecule has 6 nitrogen and oxygen atoms in total. The molecular formula is C46H55Cl2F7N2O4. The quantitative estimate of drug-likeness (QED) is 0.143. The first-order valence-electron chi connectivity index (χ1n) is 20.3. The van der Waals surface area contributed by atoms with Crippen molar-refractivity contribution < 1.29 is 50.1 Å². The number of hydrogen-bond donors (Lipinski definition) is 1. The van der Waals surface area contributed by atoms with Crippen LogP contribution in [0.25, 0.3) is 0 Å². The van der Waals surface area contributed by atoms with Gasteiger partial charge in [-0.25, -0.2) is 4.39 Å². The van der Waals surface area contributed by atoms with E-state index in [1.54, 1.807) is 6.07 Å². The first-order chi connectivity index (χ1) is 28.7. The molecule has 0 spiro atoms. The molecule has 0 amide bonds. The topological polar surface area (TPSA) is 54.4 Å². The van der Waals surface area contributed by atoms with E-state index in [1.807, 2.05) is 38.1 Å². The molecule has 2 aliphatic heterocycles.